The average Bonchev–Trinajstić information content (AvgIpc) is 3.59. The fraction of sp³-hybridized carbons (Fsp3) is 0.524. The highest BCUT2D eigenvalue weighted by Gasteiger charge is 2.36. The molecule has 2 heterocycles. The summed E-state index contributed by atoms with van der Waals surface area (Å²) in [6.07, 6.45) is 4.34. The van der Waals surface area contributed by atoms with E-state index in [0.29, 0.717) is 24.6 Å². The zero-order valence-corrected chi connectivity index (χ0v) is 15.9. The summed E-state index contributed by atoms with van der Waals surface area (Å²) in [6.45, 7) is 1.09. The second-order valence-corrected chi connectivity index (χ2v) is 8.50. The van der Waals surface area contributed by atoms with Crippen LogP contribution < -0.4 is 15.6 Å². The van der Waals surface area contributed by atoms with Gasteiger partial charge in [0.2, 0.25) is 5.43 Å². The van der Waals surface area contributed by atoms with E-state index in [-0.39, 0.29) is 35.1 Å². The molecular weight excluding hydrogens is 380 g/mol. The Labute approximate surface area is 166 Å². The molecule has 5 rings (SSSR count). The van der Waals surface area contributed by atoms with Gasteiger partial charge in [-0.05, 0) is 37.8 Å². The van der Waals surface area contributed by atoms with Crippen LogP contribution in [-0.2, 0) is 0 Å². The number of anilines is 1. The van der Waals surface area contributed by atoms with Gasteiger partial charge in [-0.3, -0.25) is 4.79 Å². The number of carboxylic acids is 1. The van der Waals surface area contributed by atoms with Crippen LogP contribution in [0.3, 0.4) is 0 Å². The number of benzene rings is 1. The summed E-state index contributed by atoms with van der Waals surface area (Å²) in [5.74, 6) is -2.14. The van der Waals surface area contributed by atoms with Crippen LogP contribution in [0.15, 0.2) is 23.1 Å². The number of nitrogens with one attached hydrogen (secondary N) is 1. The van der Waals surface area contributed by atoms with Gasteiger partial charge in [-0.2, -0.15) is 0 Å². The highest BCUT2D eigenvalue weighted by Crippen LogP contribution is 2.38. The number of nitrogens with zero attached hydrogens (tertiary/aromatic N) is 2. The van der Waals surface area contributed by atoms with E-state index in [1.54, 1.807) is 15.5 Å². The number of rotatable bonds is 6. The molecule has 2 N–H and O–H groups in total. The predicted octanol–water partition coefficient (Wildman–Crippen LogP) is 2.70. The number of halogens is 2. The third-order valence-electron chi connectivity index (χ3n) is 6.22. The second-order valence-electron chi connectivity index (χ2n) is 8.50. The van der Waals surface area contributed by atoms with E-state index in [1.807, 2.05) is 0 Å². The van der Waals surface area contributed by atoms with Crippen LogP contribution in [0.2, 0.25) is 0 Å². The minimum atomic E-state index is -1.32. The lowest BCUT2D eigenvalue weighted by Gasteiger charge is -2.21. The maximum Gasteiger partial charge on any atom is 0.341 e. The fourth-order valence-electron chi connectivity index (χ4n) is 4.23. The molecule has 1 aromatic heterocycles. The van der Waals surface area contributed by atoms with E-state index in [9.17, 15) is 23.5 Å². The Balaban J connectivity index is 1.52. The Hall–Kier alpha value is -2.48. The minimum absolute atomic E-state index is 0.0565. The molecule has 1 saturated heterocycles. The van der Waals surface area contributed by atoms with Crippen molar-refractivity contribution < 1.29 is 18.7 Å². The Bertz CT molecular complexity index is 1050. The van der Waals surface area contributed by atoms with Crippen molar-refractivity contribution in [1.82, 2.24) is 9.88 Å². The van der Waals surface area contributed by atoms with E-state index in [1.165, 1.54) is 6.20 Å². The largest absolute Gasteiger partial charge is 0.477 e. The molecule has 0 unspecified atom stereocenters. The van der Waals surface area contributed by atoms with Gasteiger partial charge < -0.3 is 19.9 Å². The zero-order valence-electron chi connectivity index (χ0n) is 15.9. The van der Waals surface area contributed by atoms with Crippen molar-refractivity contribution >= 4 is 22.6 Å². The summed E-state index contributed by atoms with van der Waals surface area (Å²) in [6, 6.07) is 3.29. The summed E-state index contributed by atoms with van der Waals surface area (Å²) in [7, 11) is 0. The van der Waals surface area contributed by atoms with Crippen molar-refractivity contribution in [3.05, 3.63) is 39.9 Å². The summed E-state index contributed by atoms with van der Waals surface area (Å²) < 4.78 is 31.2. The molecule has 6 nitrogen and oxygen atoms in total. The maximum atomic E-state index is 14.9. The lowest BCUT2D eigenvalue weighted by molar-refractivity contribution is 0.0695. The minimum Gasteiger partial charge on any atom is -0.477 e. The molecule has 2 aromatic rings. The molecule has 0 bridgehead atoms. The SMILES string of the molecule is O=C(O)c1cn(C2CC2)c2cc(N3C[C@H](CNC4CC4)[C@H](F)C3)c(F)cc2c1=O. The molecule has 154 valence electrons. The topological polar surface area (TPSA) is 74.6 Å². The maximum absolute atomic E-state index is 14.9. The number of hydrogen-bond donors (Lipinski definition) is 2. The van der Waals surface area contributed by atoms with Gasteiger partial charge >= 0.3 is 5.97 Å². The fourth-order valence-corrected chi connectivity index (χ4v) is 4.23. The van der Waals surface area contributed by atoms with Crippen molar-refractivity contribution in [3.8, 4) is 0 Å². The second kappa shape index (κ2) is 6.79. The van der Waals surface area contributed by atoms with Gasteiger partial charge in [0.05, 0.1) is 11.2 Å². The number of pyridine rings is 1. The summed E-state index contributed by atoms with van der Waals surface area (Å²) >= 11 is 0. The number of alkyl halides is 1. The standard InChI is InChI=1S/C21H23F2N3O3/c22-16-5-14-18(26(13-3-4-13)9-15(20(14)27)21(28)29)6-19(16)25-8-11(17(23)10-25)7-24-12-1-2-12/h5-6,9,11-13,17,24H,1-4,7-8,10H2,(H,28,29)/t11-,17+/m0/s1. The van der Waals surface area contributed by atoms with Crippen LogP contribution in [0.1, 0.15) is 42.1 Å². The van der Waals surface area contributed by atoms with Gasteiger partial charge in [-0.1, -0.05) is 0 Å². The van der Waals surface area contributed by atoms with E-state index in [4.69, 9.17) is 0 Å². The summed E-state index contributed by atoms with van der Waals surface area (Å²) in [5.41, 5.74) is -0.265. The number of aromatic carboxylic acids is 1. The van der Waals surface area contributed by atoms with Crippen LogP contribution >= 0.6 is 0 Å². The molecular formula is C21H23F2N3O3. The van der Waals surface area contributed by atoms with Crippen LogP contribution in [-0.4, -0.2) is 47.5 Å². The summed E-state index contributed by atoms with van der Waals surface area (Å²) in [4.78, 5) is 25.7. The number of fused-ring (bicyclic) bond motifs is 1. The Morgan fingerprint density at radius 3 is 2.62 bits per heavy atom. The third kappa shape index (κ3) is 3.39. The molecule has 0 spiro atoms. The smallest absolute Gasteiger partial charge is 0.341 e. The molecule has 2 saturated carbocycles. The highest BCUT2D eigenvalue weighted by molar-refractivity contribution is 5.93. The van der Waals surface area contributed by atoms with Crippen LogP contribution in [0.4, 0.5) is 14.5 Å². The first-order valence-electron chi connectivity index (χ1n) is 10.2. The van der Waals surface area contributed by atoms with Crippen molar-refractivity contribution in [2.24, 2.45) is 5.92 Å². The monoisotopic (exact) mass is 403 g/mol. The van der Waals surface area contributed by atoms with Crippen LogP contribution in [0.25, 0.3) is 10.9 Å². The van der Waals surface area contributed by atoms with Gasteiger partial charge in [-0.25, -0.2) is 13.6 Å². The van der Waals surface area contributed by atoms with Crippen molar-refractivity contribution in [3.63, 3.8) is 0 Å². The Morgan fingerprint density at radius 2 is 1.97 bits per heavy atom. The average molecular weight is 403 g/mol. The first-order valence-corrected chi connectivity index (χ1v) is 10.2. The summed E-state index contributed by atoms with van der Waals surface area (Å²) in [5, 5.41) is 12.7. The number of hydrogen-bond acceptors (Lipinski definition) is 4. The first-order chi connectivity index (χ1) is 13.9. The Morgan fingerprint density at radius 1 is 1.21 bits per heavy atom. The third-order valence-corrected chi connectivity index (χ3v) is 6.22. The molecule has 29 heavy (non-hydrogen) atoms. The van der Waals surface area contributed by atoms with Gasteiger partial charge in [-0.15, -0.1) is 0 Å². The van der Waals surface area contributed by atoms with Crippen molar-refractivity contribution in [2.45, 2.75) is 43.9 Å². The highest BCUT2D eigenvalue weighted by atomic mass is 19.1. The first kappa shape index (κ1) is 18.5. The van der Waals surface area contributed by atoms with E-state index in [0.717, 1.165) is 31.7 Å². The van der Waals surface area contributed by atoms with Gasteiger partial charge in [0.25, 0.3) is 0 Å². The van der Waals surface area contributed by atoms with Crippen molar-refractivity contribution in [2.75, 3.05) is 24.5 Å². The van der Waals surface area contributed by atoms with Gasteiger partial charge in [0, 0.05) is 49.2 Å². The normalized spacial score (nSPS) is 24.4. The number of carboxylic acid groups (broad SMARTS) is 1. The molecule has 1 aliphatic heterocycles. The lowest BCUT2D eigenvalue weighted by Crippen LogP contribution is -2.30. The predicted molar refractivity (Wildman–Crippen MR) is 105 cm³/mol. The quantitative estimate of drug-likeness (QED) is 0.776. The van der Waals surface area contributed by atoms with Crippen LogP contribution in [0.5, 0.6) is 0 Å². The van der Waals surface area contributed by atoms with E-state index < -0.39 is 23.4 Å². The molecule has 8 heteroatoms. The number of aromatic nitrogens is 1. The molecule has 2 atom stereocenters. The van der Waals surface area contributed by atoms with E-state index in [2.05, 4.69) is 5.32 Å². The molecule has 0 radical (unpaired) electrons. The molecule has 3 fully saturated rings. The van der Waals surface area contributed by atoms with Gasteiger partial charge in [0.15, 0.2) is 0 Å². The zero-order chi connectivity index (χ0) is 20.3. The van der Waals surface area contributed by atoms with Crippen LogP contribution in [0, 0.1) is 11.7 Å². The van der Waals surface area contributed by atoms with E-state index >= 15 is 0 Å². The van der Waals surface area contributed by atoms with Gasteiger partial charge in [0.1, 0.15) is 17.6 Å². The van der Waals surface area contributed by atoms with Crippen molar-refractivity contribution in [1.29, 1.82) is 0 Å². The molecule has 1 aromatic carbocycles. The molecule has 3 aliphatic rings. The lowest BCUT2D eigenvalue weighted by atomic mass is 10.1. The molecule has 2 aliphatic carbocycles. The number of carbonyl (C=O) groups is 1. The Kier molecular flexibility index (Phi) is 4.34. The molecule has 0 amide bonds.